The van der Waals surface area contributed by atoms with Crippen LogP contribution < -0.4 is 0 Å². The molecule has 0 rings (SSSR count). The Morgan fingerprint density at radius 2 is 1.93 bits per heavy atom. The molecule has 0 fully saturated rings. The Kier molecular flexibility index (Phi) is 7.61. The van der Waals surface area contributed by atoms with Gasteiger partial charge >= 0.3 is 0 Å². The average molecular weight is 215 g/mol. The molecule has 0 aromatic carbocycles. The SMILES string of the molecule is CCC(C)C(=O)CN(CCCO)C(C)C. The fraction of sp³-hybridized carbons (Fsp3) is 0.917. The fourth-order valence-corrected chi connectivity index (χ4v) is 1.38. The maximum atomic E-state index is 11.7. The van der Waals surface area contributed by atoms with Gasteiger partial charge in [0, 0.05) is 25.1 Å². The van der Waals surface area contributed by atoms with Crippen LogP contribution in [0, 0.1) is 5.92 Å². The molecule has 90 valence electrons. The summed E-state index contributed by atoms with van der Waals surface area (Å²) >= 11 is 0. The predicted octanol–water partition coefficient (Wildman–Crippen LogP) is 1.69. The first-order valence-electron chi connectivity index (χ1n) is 5.90. The molecular formula is C12H25NO2. The highest BCUT2D eigenvalue weighted by Crippen LogP contribution is 2.06. The minimum Gasteiger partial charge on any atom is -0.396 e. The first-order chi connectivity index (χ1) is 7.02. The van der Waals surface area contributed by atoms with E-state index in [0.717, 1.165) is 19.4 Å². The van der Waals surface area contributed by atoms with Crippen LogP contribution in [0.15, 0.2) is 0 Å². The summed E-state index contributed by atoms with van der Waals surface area (Å²) in [6, 6.07) is 0.365. The van der Waals surface area contributed by atoms with E-state index in [0.29, 0.717) is 18.4 Å². The second-order valence-electron chi connectivity index (χ2n) is 4.42. The molecule has 1 unspecified atom stereocenters. The van der Waals surface area contributed by atoms with Gasteiger partial charge in [-0.1, -0.05) is 13.8 Å². The highest BCUT2D eigenvalue weighted by Gasteiger charge is 2.17. The Bertz CT molecular complexity index is 180. The molecule has 0 aliphatic rings. The van der Waals surface area contributed by atoms with E-state index in [1.165, 1.54) is 0 Å². The van der Waals surface area contributed by atoms with Gasteiger partial charge in [-0.2, -0.15) is 0 Å². The van der Waals surface area contributed by atoms with Gasteiger partial charge in [-0.05, 0) is 26.7 Å². The summed E-state index contributed by atoms with van der Waals surface area (Å²) in [7, 11) is 0. The first kappa shape index (κ1) is 14.6. The Balaban J connectivity index is 4.09. The van der Waals surface area contributed by atoms with E-state index < -0.39 is 0 Å². The number of Topliss-reactive ketones (excluding diaryl/α,β-unsaturated/α-hetero) is 1. The maximum Gasteiger partial charge on any atom is 0.149 e. The lowest BCUT2D eigenvalue weighted by molar-refractivity contribution is -0.124. The van der Waals surface area contributed by atoms with Crippen molar-refractivity contribution in [1.82, 2.24) is 4.90 Å². The van der Waals surface area contributed by atoms with Gasteiger partial charge in [0.2, 0.25) is 0 Å². The molecule has 1 atom stereocenters. The molecule has 0 amide bonds. The monoisotopic (exact) mass is 215 g/mol. The number of aliphatic hydroxyl groups is 1. The number of rotatable bonds is 8. The van der Waals surface area contributed by atoms with Crippen molar-refractivity contribution >= 4 is 5.78 Å². The van der Waals surface area contributed by atoms with E-state index in [9.17, 15) is 4.79 Å². The van der Waals surface area contributed by atoms with E-state index in [-0.39, 0.29) is 12.5 Å². The van der Waals surface area contributed by atoms with Gasteiger partial charge in [0.25, 0.3) is 0 Å². The van der Waals surface area contributed by atoms with Gasteiger partial charge in [-0.25, -0.2) is 0 Å². The van der Waals surface area contributed by atoms with E-state index >= 15 is 0 Å². The van der Waals surface area contributed by atoms with Gasteiger partial charge in [0.15, 0.2) is 0 Å². The molecule has 3 heteroatoms. The van der Waals surface area contributed by atoms with E-state index in [2.05, 4.69) is 18.7 Å². The van der Waals surface area contributed by atoms with Crippen LogP contribution in [-0.2, 0) is 4.79 Å². The van der Waals surface area contributed by atoms with Crippen molar-refractivity contribution in [3.05, 3.63) is 0 Å². The van der Waals surface area contributed by atoms with Crippen LogP contribution >= 0.6 is 0 Å². The molecule has 0 saturated heterocycles. The molecule has 0 spiro atoms. The van der Waals surface area contributed by atoms with Gasteiger partial charge < -0.3 is 5.11 Å². The summed E-state index contributed by atoms with van der Waals surface area (Å²) in [5.74, 6) is 0.463. The molecule has 0 saturated carbocycles. The minimum atomic E-state index is 0.153. The van der Waals surface area contributed by atoms with Crippen molar-refractivity contribution in [3.8, 4) is 0 Å². The van der Waals surface area contributed by atoms with Crippen LogP contribution in [0.4, 0.5) is 0 Å². The second-order valence-corrected chi connectivity index (χ2v) is 4.42. The highest BCUT2D eigenvalue weighted by atomic mass is 16.3. The summed E-state index contributed by atoms with van der Waals surface area (Å²) in [4.78, 5) is 13.9. The number of nitrogens with zero attached hydrogens (tertiary/aromatic N) is 1. The molecule has 0 bridgehead atoms. The molecule has 3 nitrogen and oxygen atoms in total. The zero-order valence-corrected chi connectivity index (χ0v) is 10.5. The number of carbonyl (C=O) groups excluding carboxylic acids is 1. The molecule has 0 heterocycles. The van der Waals surface area contributed by atoms with Gasteiger partial charge in [-0.3, -0.25) is 9.69 Å². The van der Waals surface area contributed by atoms with Crippen molar-refractivity contribution in [2.45, 2.75) is 46.6 Å². The lowest BCUT2D eigenvalue weighted by Gasteiger charge is -2.26. The van der Waals surface area contributed by atoms with Crippen molar-refractivity contribution < 1.29 is 9.90 Å². The zero-order valence-electron chi connectivity index (χ0n) is 10.5. The summed E-state index contributed by atoms with van der Waals surface area (Å²) in [6.07, 6.45) is 1.65. The molecule has 1 N–H and O–H groups in total. The lowest BCUT2D eigenvalue weighted by Crippen LogP contribution is -2.38. The average Bonchev–Trinajstić information content (AvgIpc) is 2.22. The number of ketones is 1. The van der Waals surface area contributed by atoms with Crippen molar-refractivity contribution in [2.75, 3.05) is 19.7 Å². The van der Waals surface area contributed by atoms with E-state index in [1.807, 2.05) is 13.8 Å². The van der Waals surface area contributed by atoms with Gasteiger partial charge in [-0.15, -0.1) is 0 Å². The standard InChI is InChI=1S/C12H25NO2/c1-5-11(4)12(15)9-13(10(2)3)7-6-8-14/h10-11,14H,5-9H2,1-4H3. The van der Waals surface area contributed by atoms with Crippen molar-refractivity contribution in [3.63, 3.8) is 0 Å². The van der Waals surface area contributed by atoms with Crippen molar-refractivity contribution in [1.29, 1.82) is 0 Å². The smallest absolute Gasteiger partial charge is 0.149 e. The topological polar surface area (TPSA) is 40.5 Å². The molecule has 0 aromatic rings. The molecule has 0 aliphatic heterocycles. The third kappa shape index (κ3) is 5.90. The molecule has 0 radical (unpaired) electrons. The zero-order chi connectivity index (χ0) is 11.8. The first-order valence-corrected chi connectivity index (χ1v) is 5.90. The fourth-order valence-electron chi connectivity index (χ4n) is 1.38. The Labute approximate surface area is 93.5 Å². The quantitative estimate of drug-likeness (QED) is 0.670. The third-order valence-electron chi connectivity index (χ3n) is 2.85. The summed E-state index contributed by atoms with van der Waals surface area (Å²) in [5, 5.41) is 8.77. The predicted molar refractivity (Wildman–Crippen MR) is 62.9 cm³/mol. The van der Waals surface area contributed by atoms with E-state index in [4.69, 9.17) is 5.11 Å². The molecule has 15 heavy (non-hydrogen) atoms. The van der Waals surface area contributed by atoms with Crippen LogP contribution in [-0.4, -0.2) is 41.5 Å². The molecule has 0 aromatic heterocycles. The second kappa shape index (κ2) is 7.83. The molecular weight excluding hydrogens is 190 g/mol. The maximum absolute atomic E-state index is 11.7. The third-order valence-corrected chi connectivity index (χ3v) is 2.85. The summed E-state index contributed by atoms with van der Waals surface area (Å²) in [6.45, 7) is 9.70. The Hall–Kier alpha value is -0.410. The Morgan fingerprint density at radius 1 is 1.33 bits per heavy atom. The van der Waals surface area contributed by atoms with Crippen LogP contribution in [0.1, 0.15) is 40.5 Å². The summed E-state index contributed by atoms with van der Waals surface area (Å²) in [5.41, 5.74) is 0. The van der Waals surface area contributed by atoms with Crippen LogP contribution in [0.5, 0.6) is 0 Å². The minimum absolute atomic E-state index is 0.153. The Morgan fingerprint density at radius 3 is 2.33 bits per heavy atom. The van der Waals surface area contributed by atoms with Gasteiger partial charge in [0.1, 0.15) is 5.78 Å². The highest BCUT2D eigenvalue weighted by molar-refractivity contribution is 5.82. The lowest BCUT2D eigenvalue weighted by atomic mass is 10.0. The summed E-state index contributed by atoms with van der Waals surface area (Å²) < 4.78 is 0. The van der Waals surface area contributed by atoms with Crippen LogP contribution in [0.25, 0.3) is 0 Å². The number of hydrogen-bond donors (Lipinski definition) is 1. The normalized spacial score (nSPS) is 13.5. The largest absolute Gasteiger partial charge is 0.396 e. The molecule has 0 aliphatic carbocycles. The van der Waals surface area contributed by atoms with Crippen LogP contribution in [0.3, 0.4) is 0 Å². The van der Waals surface area contributed by atoms with Crippen LogP contribution in [0.2, 0.25) is 0 Å². The van der Waals surface area contributed by atoms with E-state index in [1.54, 1.807) is 0 Å². The number of hydrogen-bond acceptors (Lipinski definition) is 3. The van der Waals surface area contributed by atoms with Gasteiger partial charge in [0.05, 0.1) is 6.54 Å². The number of carbonyl (C=O) groups is 1. The van der Waals surface area contributed by atoms with Crippen molar-refractivity contribution in [2.24, 2.45) is 5.92 Å². The number of aliphatic hydroxyl groups excluding tert-OH is 1.